The van der Waals surface area contributed by atoms with E-state index in [9.17, 15) is 4.79 Å². The second-order valence-corrected chi connectivity index (χ2v) is 5.58. The molecule has 2 heterocycles. The normalized spacial score (nSPS) is 16.4. The monoisotopic (exact) mass is 293 g/mol. The Morgan fingerprint density at radius 3 is 2.67 bits per heavy atom. The van der Waals surface area contributed by atoms with Crippen LogP contribution in [0.1, 0.15) is 32.0 Å². The van der Waals surface area contributed by atoms with Gasteiger partial charge in [0.1, 0.15) is 11.6 Å². The Morgan fingerprint density at radius 2 is 2.00 bits per heavy atom. The number of H-pyrrole nitrogens is 1. The molecule has 0 amide bonds. The van der Waals surface area contributed by atoms with Gasteiger partial charge >= 0.3 is 0 Å². The molecule has 21 heavy (non-hydrogen) atoms. The lowest BCUT2D eigenvalue weighted by atomic mass is 10.2. The van der Waals surface area contributed by atoms with Crippen LogP contribution in [0.4, 0.5) is 5.82 Å². The van der Waals surface area contributed by atoms with Crippen molar-refractivity contribution >= 4 is 5.82 Å². The Bertz CT molecular complexity index is 479. The number of unbranched alkanes of at least 4 members (excludes halogenated alkanes) is 2. The van der Waals surface area contributed by atoms with Crippen molar-refractivity contribution in [1.82, 2.24) is 14.9 Å². The Morgan fingerprint density at radius 1 is 1.24 bits per heavy atom. The number of nitrogens with two attached hydrogens (primary N) is 1. The average molecular weight is 293 g/mol. The number of nitrogens with zero attached hydrogens (tertiary/aromatic N) is 3. The van der Waals surface area contributed by atoms with E-state index in [1.807, 2.05) is 6.92 Å². The highest BCUT2D eigenvalue weighted by molar-refractivity contribution is 5.38. The van der Waals surface area contributed by atoms with Gasteiger partial charge in [-0.05, 0) is 25.9 Å². The Hall–Kier alpha value is -1.40. The van der Waals surface area contributed by atoms with Crippen LogP contribution in [0.15, 0.2) is 10.9 Å². The second-order valence-electron chi connectivity index (χ2n) is 5.58. The third-order valence-corrected chi connectivity index (χ3v) is 3.99. The molecule has 1 aromatic rings. The molecule has 118 valence electrons. The maximum atomic E-state index is 11.6. The molecule has 2 rings (SSSR count). The highest BCUT2D eigenvalue weighted by atomic mass is 16.1. The van der Waals surface area contributed by atoms with Crippen LogP contribution in [-0.4, -0.2) is 54.1 Å². The highest BCUT2D eigenvalue weighted by Gasteiger charge is 2.18. The summed E-state index contributed by atoms with van der Waals surface area (Å²) in [7, 11) is 0. The van der Waals surface area contributed by atoms with Gasteiger partial charge in [0, 0.05) is 38.7 Å². The fraction of sp³-hybridized carbons (Fsp3) is 0.733. The minimum atomic E-state index is -0.0546. The van der Waals surface area contributed by atoms with E-state index in [0.717, 1.165) is 63.8 Å². The Balaban J connectivity index is 1.83. The highest BCUT2D eigenvalue weighted by Crippen LogP contribution is 2.12. The van der Waals surface area contributed by atoms with E-state index in [-0.39, 0.29) is 5.56 Å². The van der Waals surface area contributed by atoms with E-state index < -0.39 is 0 Å². The fourth-order valence-electron chi connectivity index (χ4n) is 2.68. The molecular formula is C15H27N5O. The van der Waals surface area contributed by atoms with E-state index in [2.05, 4.69) is 19.8 Å². The summed E-state index contributed by atoms with van der Waals surface area (Å²) in [4.78, 5) is 23.6. The van der Waals surface area contributed by atoms with Crippen LogP contribution in [0, 0.1) is 0 Å². The minimum Gasteiger partial charge on any atom is -0.354 e. The molecule has 0 bridgehead atoms. The molecule has 0 atom stereocenters. The van der Waals surface area contributed by atoms with Gasteiger partial charge in [0.05, 0.1) is 0 Å². The maximum Gasteiger partial charge on any atom is 0.252 e. The molecule has 3 N–H and O–H groups in total. The summed E-state index contributed by atoms with van der Waals surface area (Å²) < 4.78 is 0. The summed E-state index contributed by atoms with van der Waals surface area (Å²) in [5.74, 6) is 1.58. The summed E-state index contributed by atoms with van der Waals surface area (Å²) in [6.45, 7) is 7.91. The quantitative estimate of drug-likeness (QED) is 0.719. The number of aromatic amines is 1. The topological polar surface area (TPSA) is 78.2 Å². The van der Waals surface area contributed by atoms with E-state index in [4.69, 9.17) is 5.73 Å². The van der Waals surface area contributed by atoms with Crippen molar-refractivity contribution in [1.29, 1.82) is 0 Å². The molecule has 1 aliphatic heterocycles. The summed E-state index contributed by atoms with van der Waals surface area (Å²) in [5, 5.41) is 0. The van der Waals surface area contributed by atoms with Crippen molar-refractivity contribution in [2.75, 3.05) is 44.2 Å². The summed E-state index contributed by atoms with van der Waals surface area (Å²) in [5.41, 5.74) is 5.46. The lowest BCUT2D eigenvalue weighted by Gasteiger charge is -2.35. The Kier molecular flexibility index (Phi) is 6.20. The molecule has 0 aromatic carbocycles. The fourth-order valence-corrected chi connectivity index (χ4v) is 2.68. The molecule has 1 fully saturated rings. The molecule has 0 spiro atoms. The zero-order valence-electron chi connectivity index (χ0n) is 13.0. The van der Waals surface area contributed by atoms with Crippen LogP contribution in [0.5, 0.6) is 0 Å². The van der Waals surface area contributed by atoms with Crippen molar-refractivity contribution < 1.29 is 0 Å². The van der Waals surface area contributed by atoms with Gasteiger partial charge in [0.25, 0.3) is 5.56 Å². The predicted octanol–water partition coefficient (Wildman–Crippen LogP) is 0.583. The first kappa shape index (κ1) is 16.0. The van der Waals surface area contributed by atoms with Gasteiger partial charge in [-0.25, -0.2) is 4.98 Å². The van der Waals surface area contributed by atoms with Gasteiger partial charge in [-0.2, -0.15) is 0 Å². The first-order valence-electron chi connectivity index (χ1n) is 8.00. The van der Waals surface area contributed by atoms with Crippen molar-refractivity contribution in [2.45, 2.75) is 32.6 Å². The molecule has 0 radical (unpaired) electrons. The third kappa shape index (κ3) is 4.82. The molecule has 6 heteroatoms. The van der Waals surface area contributed by atoms with Crippen molar-refractivity contribution in [3.8, 4) is 0 Å². The van der Waals surface area contributed by atoms with Gasteiger partial charge < -0.3 is 15.6 Å². The molecule has 6 nitrogen and oxygen atoms in total. The summed E-state index contributed by atoms with van der Waals surface area (Å²) in [6.07, 6.45) is 4.31. The summed E-state index contributed by atoms with van der Waals surface area (Å²) in [6, 6.07) is 1.61. The van der Waals surface area contributed by atoms with Gasteiger partial charge in [-0.1, -0.05) is 13.3 Å². The standard InChI is InChI=1S/C15H27N5O/c1-2-13-17-14(12-15(21)18-13)20-10-8-19(9-11-20)7-5-3-4-6-16/h12H,2-11,16H2,1H3,(H,17,18,21). The molecular weight excluding hydrogens is 266 g/mol. The largest absolute Gasteiger partial charge is 0.354 e. The zero-order chi connectivity index (χ0) is 15.1. The molecule has 1 aliphatic rings. The molecule has 0 saturated carbocycles. The SMILES string of the molecule is CCc1nc(N2CCN(CCCCCN)CC2)cc(=O)[nH]1. The number of nitrogens with one attached hydrogen (secondary N) is 1. The lowest BCUT2D eigenvalue weighted by Crippen LogP contribution is -2.47. The van der Waals surface area contributed by atoms with Crippen LogP contribution < -0.4 is 16.2 Å². The van der Waals surface area contributed by atoms with E-state index in [1.54, 1.807) is 6.07 Å². The number of rotatable bonds is 7. The smallest absolute Gasteiger partial charge is 0.252 e. The van der Waals surface area contributed by atoms with Gasteiger partial charge in [0.15, 0.2) is 0 Å². The first-order valence-corrected chi connectivity index (χ1v) is 8.00. The van der Waals surface area contributed by atoms with Crippen molar-refractivity contribution in [2.24, 2.45) is 5.73 Å². The zero-order valence-corrected chi connectivity index (χ0v) is 13.0. The van der Waals surface area contributed by atoms with E-state index >= 15 is 0 Å². The molecule has 1 aromatic heterocycles. The van der Waals surface area contributed by atoms with E-state index in [0.29, 0.717) is 0 Å². The third-order valence-electron chi connectivity index (χ3n) is 3.99. The van der Waals surface area contributed by atoms with Gasteiger partial charge in [-0.15, -0.1) is 0 Å². The molecule has 0 unspecified atom stereocenters. The number of piperazine rings is 1. The number of hydrogen-bond donors (Lipinski definition) is 2. The van der Waals surface area contributed by atoms with Crippen LogP contribution in [0.25, 0.3) is 0 Å². The Labute approximate surface area is 126 Å². The first-order chi connectivity index (χ1) is 10.2. The number of anilines is 1. The minimum absolute atomic E-state index is 0.0546. The lowest BCUT2D eigenvalue weighted by molar-refractivity contribution is 0.252. The van der Waals surface area contributed by atoms with Crippen LogP contribution in [-0.2, 0) is 6.42 Å². The van der Waals surface area contributed by atoms with E-state index in [1.165, 1.54) is 12.8 Å². The van der Waals surface area contributed by atoms with Crippen LogP contribution >= 0.6 is 0 Å². The second kappa shape index (κ2) is 8.14. The predicted molar refractivity (Wildman–Crippen MR) is 85.8 cm³/mol. The summed E-state index contributed by atoms with van der Waals surface area (Å²) >= 11 is 0. The maximum absolute atomic E-state index is 11.6. The van der Waals surface area contributed by atoms with Crippen LogP contribution in [0.2, 0.25) is 0 Å². The van der Waals surface area contributed by atoms with Crippen LogP contribution in [0.3, 0.4) is 0 Å². The number of hydrogen-bond acceptors (Lipinski definition) is 5. The van der Waals surface area contributed by atoms with Gasteiger partial charge in [0.2, 0.25) is 0 Å². The molecule has 1 saturated heterocycles. The molecule has 0 aliphatic carbocycles. The van der Waals surface area contributed by atoms with Crippen molar-refractivity contribution in [3.05, 3.63) is 22.2 Å². The van der Waals surface area contributed by atoms with Gasteiger partial charge in [-0.3, -0.25) is 9.69 Å². The van der Waals surface area contributed by atoms with Crippen molar-refractivity contribution in [3.63, 3.8) is 0 Å². The number of aromatic nitrogens is 2. The number of aryl methyl sites for hydroxylation is 1. The average Bonchev–Trinajstić information content (AvgIpc) is 2.51.